The van der Waals surface area contributed by atoms with Crippen LogP contribution < -0.4 is 5.32 Å². The van der Waals surface area contributed by atoms with Gasteiger partial charge in [0.15, 0.2) is 0 Å². The Bertz CT molecular complexity index is 571. The van der Waals surface area contributed by atoms with Gasteiger partial charge in [-0.05, 0) is 49.1 Å². The number of amides is 1. The van der Waals surface area contributed by atoms with E-state index in [-0.39, 0.29) is 5.91 Å². The number of carbonyl (C=O) groups is 2. The normalized spacial score (nSPS) is 21.7. The molecule has 112 valence electrons. The highest BCUT2D eigenvalue weighted by Gasteiger charge is 2.28. The van der Waals surface area contributed by atoms with E-state index in [0.717, 1.165) is 25.9 Å². The molecule has 1 aromatic rings. The summed E-state index contributed by atoms with van der Waals surface area (Å²) in [6.07, 6.45) is 2.41. The molecule has 1 unspecified atom stereocenters. The van der Waals surface area contributed by atoms with Crippen LogP contribution in [0.15, 0.2) is 18.2 Å². The van der Waals surface area contributed by atoms with E-state index >= 15 is 0 Å². The quantitative estimate of drug-likeness (QED) is 0.860. The Morgan fingerprint density at radius 2 is 2.14 bits per heavy atom. The summed E-state index contributed by atoms with van der Waals surface area (Å²) in [6, 6.07) is 5.85. The lowest BCUT2D eigenvalue weighted by molar-refractivity contribution is -0.143. The first-order valence-electron chi connectivity index (χ1n) is 7.50. The van der Waals surface area contributed by atoms with Crippen molar-refractivity contribution in [2.75, 3.05) is 19.6 Å². The van der Waals surface area contributed by atoms with E-state index < -0.39 is 11.9 Å². The molecule has 0 aromatic heterocycles. The van der Waals surface area contributed by atoms with Gasteiger partial charge in [-0.25, -0.2) is 0 Å². The first kappa shape index (κ1) is 14.1. The number of aliphatic carboxylic acids is 1. The molecule has 5 heteroatoms. The molecule has 0 bridgehead atoms. The highest BCUT2D eigenvalue weighted by Crippen LogP contribution is 2.21. The summed E-state index contributed by atoms with van der Waals surface area (Å²) >= 11 is 0. The summed E-state index contributed by atoms with van der Waals surface area (Å²) in [5, 5.41) is 12.4. The van der Waals surface area contributed by atoms with Crippen LogP contribution in [0.5, 0.6) is 0 Å². The molecule has 2 heterocycles. The van der Waals surface area contributed by atoms with Gasteiger partial charge in [-0.15, -0.1) is 0 Å². The second-order valence-corrected chi connectivity index (χ2v) is 5.84. The van der Waals surface area contributed by atoms with Gasteiger partial charge in [-0.1, -0.05) is 6.07 Å². The number of carbonyl (C=O) groups excluding carboxylic acids is 1. The van der Waals surface area contributed by atoms with Crippen LogP contribution in [0.4, 0.5) is 0 Å². The molecule has 0 radical (unpaired) electrons. The fourth-order valence-corrected chi connectivity index (χ4v) is 3.16. The van der Waals surface area contributed by atoms with Crippen molar-refractivity contribution in [3.05, 3.63) is 34.9 Å². The van der Waals surface area contributed by atoms with Gasteiger partial charge in [-0.3, -0.25) is 9.59 Å². The second-order valence-electron chi connectivity index (χ2n) is 5.84. The van der Waals surface area contributed by atoms with Crippen molar-refractivity contribution >= 4 is 11.9 Å². The maximum absolute atomic E-state index is 12.6. The number of piperidine rings is 1. The van der Waals surface area contributed by atoms with Gasteiger partial charge in [0.1, 0.15) is 0 Å². The lowest BCUT2D eigenvalue weighted by Gasteiger charge is -2.31. The summed E-state index contributed by atoms with van der Waals surface area (Å²) in [6.45, 7) is 2.75. The van der Waals surface area contributed by atoms with E-state index in [4.69, 9.17) is 5.11 Å². The minimum Gasteiger partial charge on any atom is -0.481 e. The van der Waals surface area contributed by atoms with Gasteiger partial charge in [0.25, 0.3) is 5.91 Å². The zero-order chi connectivity index (χ0) is 14.8. The standard InChI is InChI=1S/C16H20N2O3/c19-15(18-7-1-2-13(10-18)16(20)21)12-4-3-11-5-6-17-9-14(11)8-12/h3-4,8,13,17H,1-2,5-7,9-10H2,(H,20,21). The topological polar surface area (TPSA) is 69.6 Å². The van der Waals surface area contributed by atoms with Crippen LogP contribution in [0.3, 0.4) is 0 Å². The van der Waals surface area contributed by atoms with E-state index in [1.165, 1.54) is 11.1 Å². The molecule has 21 heavy (non-hydrogen) atoms. The summed E-state index contributed by atoms with van der Waals surface area (Å²) in [7, 11) is 0. The van der Waals surface area contributed by atoms with Gasteiger partial charge in [0.2, 0.25) is 0 Å². The van der Waals surface area contributed by atoms with Crippen molar-refractivity contribution in [3.8, 4) is 0 Å². The Balaban J connectivity index is 1.77. The average Bonchev–Trinajstić information content (AvgIpc) is 2.53. The molecule has 3 rings (SSSR count). The molecule has 0 saturated carbocycles. The fraction of sp³-hybridized carbons (Fsp3) is 0.500. The van der Waals surface area contributed by atoms with Crippen LogP contribution in [0, 0.1) is 5.92 Å². The van der Waals surface area contributed by atoms with Crippen LogP contribution in [-0.2, 0) is 17.8 Å². The molecule has 1 atom stereocenters. The average molecular weight is 288 g/mol. The monoisotopic (exact) mass is 288 g/mol. The van der Waals surface area contributed by atoms with Crippen molar-refractivity contribution in [1.82, 2.24) is 10.2 Å². The summed E-state index contributed by atoms with van der Waals surface area (Å²) in [4.78, 5) is 25.4. The predicted molar refractivity (Wildman–Crippen MR) is 78.1 cm³/mol. The van der Waals surface area contributed by atoms with Gasteiger partial charge >= 0.3 is 5.97 Å². The second kappa shape index (κ2) is 5.85. The van der Waals surface area contributed by atoms with Crippen LogP contribution in [-0.4, -0.2) is 41.5 Å². The van der Waals surface area contributed by atoms with Crippen LogP contribution in [0.1, 0.15) is 34.3 Å². The van der Waals surface area contributed by atoms with Crippen molar-refractivity contribution < 1.29 is 14.7 Å². The number of nitrogens with one attached hydrogen (secondary N) is 1. The van der Waals surface area contributed by atoms with E-state index in [0.29, 0.717) is 25.1 Å². The predicted octanol–water partition coefficient (Wildman–Crippen LogP) is 1.27. The number of hydrogen-bond acceptors (Lipinski definition) is 3. The summed E-state index contributed by atoms with van der Waals surface area (Å²) in [5.41, 5.74) is 3.15. The smallest absolute Gasteiger partial charge is 0.308 e. The SMILES string of the molecule is O=C(O)C1CCCN(C(=O)c2ccc3c(c2)CNCC3)C1. The largest absolute Gasteiger partial charge is 0.481 e. The first-order chi connectivity index (χ1) is 10.1. The summed E-state index contributed by atoms with van der Waals surface area (Å²) in [5.74, 6) is -1.28. The number of hydrogen-bond donors (Lipinski definition) is 2. The number of benzene rings is 1. The van der Waals surface area contributed by atoms with Crippen molar-refractivity contribution in [2.45, 2.75) is 25.8 Å². The van der Waals surface area contributed by atoms with Gasteiger partial charge in [0.05, 0.1) is 5.92 Å². The van der Waals surface area contributed by atoms with Crippen molar-refractivity contribution in [3.63, 3.8) is 0 Å². The van der Waals surface area contributed by atoms with E-state index in [9.17, 15) is 9.59 Å². The van der Waals surface area contributed by atoms with Gasteiger partial charge in [-0.2, -0.15) is 0 Å². The van der Waals surface area contributed by atoms with E-state index in [1.54, 1.807) is 4.90 Å². The number of rotatable bonds is 2. The van der Waals surface area contributed by atoms with Gasteiger partial charge < -0.3 is 15.3 Å². The van der Waals surface area contributed by atoms with Crippen molar-refractivity contribution in [2.24, 2.45) is 5.92 Å². The maximum Gasteiger partial charge on any atom is 0.308 e. The highest BCUT2D eigenvalue weighted by molar-refractivity contribution is 5.95. The Labute approximate surface area is 123 Å². The van der Waals surface area contributed by atoms with E-state index in [2.05, 4.69) is 5.32 Å². The van der Waals surface area contributed by atoms with E-state index in [1.807, 2.05) is 18.2 Å². The number of carboxylic acids is 1. The van der Waals surface area contributed by atoms with Crippen LogP contribution in [0.2, 0.25) is 0 Å². The first-order valence-corrected chi connectivity index (χ1v) is 7.50. The molecule has 5 nitrogen and oxygen atoms in total. The minimum atomic E-state index is -0.804. The molecule has 2 aliphatic rings. The molecule has 0 spiro atoms. The number of likely N-dealkylation sites (tertiary alicyclic amines) is 1. The van der Waals surface area contributed by atoms with Gasteiger partial charge in [0, 0.05) is 25.2 Å². The third-order valence-corrected chi connectivity index (χ3v) is 4.40. The maximum atomic E-state index is 12.6. The number of fused-ring (bicyclic) bond motifs is 1. The molecule has 1 saturated heterocycles. The van der Waals surface area contributed by atoms with Crippen LogP contribution >= 0.6 is 0 Å². The lowest BCUT2D eigenvalue weighted by atomic mass is 9.95. The third-order valence-electron chi connectivity index (χ3n) is 4.40. The zero-order valence-corrected chi connectivity index (χ0v) is 12.0. The molecule has 2 aliphatic heterocycles. The molecule has 1 fully saturated rings. The third kappa shape index (κ3) is 2.93. The molecule has 1 aromatic carbocycles. The molecule has 1 amide bonds. The number of carboxylic acid groups (broad SMARTS) is 1. The Morgan fingerprint density at radius 3 is 2.95 bits per heavy atom. The molecular formula is C16H20N2O3. The fourth-order valence-electron chi connectivity index (χ4n) is 3.16. The molecule has 2 N–H and O–H groups in total. The lowest BCUT2D eigenvalue weighted by Crippen LogP contribution is -2.42. The zero-order valence-electron chi connectivity index (χ0n) is 12.0. The summed E-state index contributed by atoms with van der Waals surface area (Å²) < 4.78 is 0. The molecule has 0 aliphatic carbocycles. The van der Waals surface area contributed by atoms with Crippen LogP contribution in [0.25, 0.3) is 0 Å². The number of nitrogens with zero attached hydrogens (tertiary/aromatic N) is 1. The Morgan fingerprint density at radius 1 is 1.29 bits per heavy atom. The van der Waals surface area contributed by atoms with Crippen molar-refractivity contribution in [1.29, 1.82) is 0 Å². The minimum absolute atomic E-state index is 0.0469. The Kier molecular flexibility index (Phi) is 3.92. The molecular weight excluding hydrogens is 268 g/mol. The Hall–Kier alpha value is -1.88. The highest BCUT2D eigenvalue weighted by atomic mass is 16.4.